The van der Waals surface area contributed by atoms with Crippen molar-refractivity contribution in [2.24, 2.45) is 11.8 Å². The fourth-order valence-corrected chi connectivity index (χ4v) is 2.73. The fraction of sp³-hybridized carbons (Fsp3) is 0.562. The number of rotatable bonds is 3. The van der Waals surface area contributed by atoms with Gasteiger partial charge in [0.25, 0.3) is 5.91 Å². The van der Waals surface area contributed by atoms with Gasteiger partial charge in [-0.2, -0.15) is 0 Å². The van der Waals surface area contributed by atoms with E-state index in [2.05, 4.69) is 24.1 Å². The first kappa shape index (κ1) is 14.7. The molecule has 0 aromatic heterocycles. The highest BCUT2D eigenvalue weighted by Gasteiger charge is 2.24. The van der Waals surface area contributed by atoms with Crippen LogP contribution in [0.25, 0.3) is 0 Å². The molecule has 0 bridgehead atoms. The second kappa shape index (κ2) is 6.16. The minimum atomic E-state index is -0.0635. The maximum absolute atomic E-state index is 11.8. The van der Waals surface area contributed by atoms with Crippen molar-refractivity contribution < 1.29 is 4.79 Å². The quantitative estimate of drug-likeness (QED) is 0.833. The normalized spacial score (nSPS) is 22.6. The lowest BCUT2D eigenvalue weighted by molar-refractivity contribution is 0.0956. The molecule has 1 saturated heterocycles. The van der Waals surface area contributed by atoms with E-state index in [0.717, 1.165) is 24.7 Å². The number of nitrogens with one attached hydrogen (secondary N) is 1. The molecule has 4 nitrogen and oxygen atoms in total. The Hall–Kier alpha value is -1.71. The predicted octanol–water partition coefficient (Wildman–Crippen LogP) is 2.50. The van der Waals surface area contributed by atoms with Gasteiger partial charge in [0.2, 0.25) is 0 Å². The average molecular weight is 275 g/mol. The molecule has 4 heteroatoms. The number of nitrogens with two attached hydrogens (primary N) is 1. The molecule has 20 heavy (non-hydrogen) atoms. The standard InChI is InChI=1S/C16H25N3O/c1-4-18-16(20)13-5-6-15(14(17)9-13)19-8-7-11(2)12(3)10-19/h5-6,9,11-12H,4,7-8,10,17H2,1-3H3,(H,18,20). The summed E-state index contributed by atoms with van der Waals surface area (Å²) >= 11 is 0. The monoisotopic (exact) mass is 275 g/mol. The van der Waals surface area contributed by atoms with E-state index in [1.54, 1.807) is 6.07 Å². The SMILES string of the molecule is CCNC(=O)c1ccc(N2CCC(C)C(C)C2)c(N)c1. The Bertz CT molecular complexity index is 487. The summed E-state index contributed by atoms with van der Waals surface area (Å²) in [6, 6.07) is 5.62. The van der Waals surface area contributed by atoms with Gasteiger partial charge in [-0.25, -0.2) is 0 Å². The second-order valence-electron chi connectivity index (χ2n) is 5.82. The Kier molecular flexibility index (Phi) is 4.53. The lowest BCUT2D eigenvalue weighted by atomic mass is 9.88. The zero-order valence-electron chi connectivity index (χ0n) is 12.6. The molecule has 1 aliphatic rings. The van der Waals surface area contributed by atoms with Gasteiger partial charge >= 0.3 is 0 Å². The predicted molar refractivity (Wildman–Crippen MR) is 84.0 cm³/mol. The van der Waals surface area contributed by atoms with Crippen LogP contribution in [-0.4, -0.2) is 25.5 Å². The van der Waals surface area contributed by atoms with Gasteiger partial charge in [-0.3, -0.25) is 4.79 Å². The van der Waals surface area contributed by atoms with Crippen LogP contribution < -0.4 is 16.0 Å². The first-order chi connectivity index (χ1) is 9.52. The number of benzene rings is 1. The molecule has 1 amide bonds. The van der Waals surface area contributed by atoms with Crippen LogP contribution in [0.1, 0.15) is 37.6 Å². The highest BCUT2D eigenvalue weighted by molar-refractivity contribution is 5.96. The molecule has 1 aromatic carbocycles. The van der Waals surface area contributed by atoms with Crippen LogP contribution in [0.5, 0.6) is 0 Å². The number of hydrogen-bond donors (Lipinski definition) is 2. The minimum absolute atomic E-state index is 0.0635. The van der Waals surface area contributed by atoms with Gasteiger partial charge in [-0.1, -0.05) is 13.8 Å². The van der Waals surface area contributed by atoms with E-state index < -0.39 is 0 Å². The fourth-order valence-electron chi connectivity index (χ4n) is 2.73. The summed E-state index contributed by atoms with van der Waals surface area (Å²) in [6.45, 7) is 9.20. The summed E-state index contributed by atoms with van der Waals surface area (Å²) in [6.07, 6.45) is 1.19. The molecule has 2 rings (SSSR count). The topological polar surface area (TPSA) is 58.4 Å². The zero-order valence-corrected chi connectivity index (χ0v) is 12.6. The van der Waals surface area contributed by atoms with Crippen LogP contribution in [0.15, 0.2) is 18.2 Å². The molecule has 0 radical (unpaired) electrons. The molecule has 1 fully saturated rings. The van der Waals surface area contributed by atoms with Crippen molar-refractivity contribution in [1.82, 2.24) is 5.32 Å². The van der Waals surface area contributed by atoms with Crippen molar-refractivity contribution in [2.45, 2.75) is 27.2 Å². The van der Waals surface area contributed by atoms with E-state index in [0.29, 0.717) is 23.7 Å². The van der Waals surface area contributed by atoms with Gasteiger partial charge in [-0.05, 0) is 43.4 Å². The van der Waals surface area contributed by atoms with Crippen LogP contribution in [0.3, 0.4) is 0 Å². The highest BCUT2D eigenvalue weighted by atomic mass is 16.1. The maximum Gasteiger partial charge on any atom is 0.251 e. The molecule has 0 saturated carbocycles. The van der Waals surface area contributed by atoms with Crippen molar-refractivity contribution in [3.8, 4) is 0 Å². The number of carbonyl (C=O) groups excluding carboxylic acids is 1. The molecule has 1 heterocycles. The van der Waals surface area contributed by atoms with Gasteiger partial charge in [0, 0.05) is 25.2 Å². The Morgan fingerprint density at radius 3 is 2.75 bits per heavy atom. The van der Waals surface area contributed by atoms with Gasteiger partial charge in [0.05, 0.1) is 11.4 Å². The third-order valence-corrected chi connectivity index (χ3v) is 4.30. The lowest BCUT2D eigenvalue weighted by Gasteiger charge is -2.37. The average Bonchev–Trinajstić information content (AvgIpc) is 2.42. The molecular formula is C16H25N3O. The van der Waals surface area contributed by atoms with Crippen LogP contribution in [0, 0.1) is 11.8 Å². The summed E-state index contributed by atoms with van der Waals surface area (Å²) in [5.41, 5.74) is 8.52. The van der Waals surface area contributed by atoms with Crippen molar-refractivity contribution in [2.75, 3.05) is 30.3 Å². The van der Waals surface area contributed by atoms with E-state index in [4.69, 9.17) is 5.73 Å². The highest BCUT2D eigenvalue weighted by Crippen LogP contribution is 2.31. The van der Waals surface area contributed by atoms with Crippen LogP contribution in [0.4, 0.5) is 11.4 Å². The van der Waals surface area contributed by atoms with Gasteiger partial charge in [-0.15, -0.1) is 0 Å². The molecule has 1 aromatic rings. The van der Waals surface area contributed by atoms with Gasteiger partial charge in [0.15, 0.2) is 0 Å². The number of piperidine rings is 1. The van der Waals surface area contributed by atoms with E-state index in [-0.39, 0.29) is 5.91 Å². The van der Waals surface area contributed by atoms with Gasteiger partial charge in [0.1, 0.15) is 0 Å². The third-order valence-electron chi connectivity index (χ3n) is 4.30. The largest absolute Gasteiger partial charge is 0.397 e. The Morgan fingerprint density at radius 2 is 2.15 bits per heavy atom. The number of nitrogen functional groups attached to an aromatic ring is 1. The van der Waals surface area contributed by atoms with E-state index in [1.165, 1.54) is 6.42 Å². The smallest absolute Gasteiger partial charge is 0.251 e. The number of nitrogens with zero attached hydrogens (tertiary/aromatic N) is 1. The van der Waals surface area contributed by atoms with E-state index in [1.807, 2.05) is 19.1 Å². The van der Waals surface area contributed by atoms with Crippen molar-refractivity contribution >= 4 is 17.3 Å². The Balaban J connectivity index is 2.16. The van der Waals surface area contributed by atoms with Crippen LogP contribution >= 0.6 is 0 Å². The zero-order chi connectivity index (χ0) is 14.7. The number of hydrogen-bond acceptors (Lipinski definition) is 3. The maximum atomic E-state index is 11.8. The molecule has 110 valence electrons. The van der Waals surface area contributed by atoms with Crippen molar-refractivity contribution in [1.29, 1.82) is 0 Å². The summed E-state index contributed by atoms with van der Waals surface area (Å²) < 4.78 is 0. The second-order valence-corrected chi connectivity index (χ2v) is 5.82. The summed E-state index contributed by atoms with van der Waals surface area (Å²) in [7, 11) is 0. The van der Waals surface area contributed by atoms with Crippen LogP contribution in [0.2, 0.25) is 0 Å². The molecular weight excluding hydrogens is 250 g/mol. The lowest BCUT2D eigenvalue weighted by Crippen LogP contribution is -2.38. The Labute approximate surface area is 121 Å². The minimum Gasteiger partial charge on any atom is -0.397 e. The first-order valence-corrected chi connectivity index (χ1v) is 7.45. The molecule has 2 unspecified atom stereocenters. The molecule has 1 aliphatic heterocycles. The van der Waals surface area contributed by atoms with Gasteiger partial charge < -0.3 is 16.0 Å². The van der Waals surface area contributed by atoms with Crippen molar-refractivity contribution in [3.05, 3.63) is 23.8 Å². The van der Waals surface area contributed by atoms with E-state index >= 15 is 0 Å². The third kappa shape index (κ3) is 3.06. The molecule has 0 spiro atoms. The number of amides is 1. The summed E-state index contributed by atoms with van der Waals surface area (Å²) in [5, 5.41) is 2.79. The number of carbonyl (C=O) groups is 1. The Morgan fingerprint density at radius 1 is 1.40 bits per heavy atom. The summed E-state index contributed by atoms with van der Waals surface area (Å²) in [5.74, 6) is 1.37. The summed E-state index contributed by atoms with van der Waals surface area (Å²) in [4.78, 5) is 14.1. The first-order valence-electron chi connectivity index (χ1n) is 7.45. The number of anilines is 2. The van der Waals surface area contributed by atoms with E-state index in [9.17, 15) is 4.79 Å². The van der Waals surface area contributed by atoms with Crippen LogP contribution in [-0.2, 0) is 0 Å². The molecule has 0 aliphatic carbocycles. The molecule has 3 N–H and O–H groups in total. The molecule has 2 atom stereocenters. The van der Waals surface area contributed by atoms with Crippen molar-refractivity contribution in [3.63, 3.8) is 0 Å².